The van der Waals surface area contributed by atoms with Gasteiger partial charge in [-0.05, 0) is 49.8 Å². The molecule has 4 aliphatic rings. The lowest BCUT2D eigenvalue weighted by molar-refractivity contribution is 0.192. The molecule has 1 atom stereocenters. The van der Waals surface area contributed by atoms with Crippen molar-refractivity contribution < 1.29 is 4.79 Å². The Bertz CT molecular complexity index is 1300. The van der Waals surface area contributed by atoms with Crippen LogP contribution in [0, 0.1) is 11.3 Å². The largest absolute Gasteiger partial charge is 0.341 e. The minimum atomic E-state index is -0.0462. The van der Waals surface area contributed by atoms with Crippen LogP contribution in [0.3, 0.4) is 0 Å². The molecule has 1 aromatic carbocycles. The van der Waals surface area contributed by atoms with Crippen molar-refractivity contribution in [3.63, 3.8) is 0 Å². The second-order valence-corrected chi connectivity index (χ2v) is 11.2. The van der Waals surface area contributed by atoms with Gasteiger partial charge < -0.3 is 15.1 Å². The van der Waals surface area contributed by atoms with Crippen LogP contribution in [0.15, 0.2) is 17.2 Å². The van der Waals surface area contributed by atoms with Crippen LogP contribution in [0.1, 0.15) is 72.9 Å². The van der Waals surface area contributed by atoms with E-state index in [1.807, 2.05) is 23.2 Å². The van der Waals surface area contributed by atoms with Gasteiger partial charge in [0.1, 0.15) is 0 Å². The summed E-state index contributed by atoms with van der Waals surface area (Å²) in [7, 11) is 3.66. The zero-order valence-electron chi connectivity index (χ0n) is 22.1. The standard InChI is InChI=1S/C28H36N8O/c1-28(9-4-5-10-28)36-24-8-12-34(27(37)30-2)18-23(24)26(32-36)35-11-6-7-19-13-22(20(15-29)14-25(19)35)21-16-31-33(3)17-21/h13-14,16,21H,4-12,17-18H2,1-3H3,(H,30,37). The van der Waals surface area contributed by atoms with Gasteiger partial charge in [-0.15, -0.1) is 0 Å². The van der Waals surface area contributed by atoms with Crippen LogP contribution in [0.25, 0.3) is 0 Å². The lowest BCUT2D eigenvalue weighted by Gasteiger charge is -2.33. The summed E-state index contributed by atoms with van der Waals surface area (Å²) in [6.45, 7) is 5.24. The maximum absolute atomic E-state index is 12.6. The Morgan fingerprint density at radius 3 is 2.70 bits per heavy atom. The molecule has 9 heteroatoms. The molecule has 1 saturated carbocycles. The van der Waals surface area contributed by atoms with Crippen molar-refractivity contribution in [3.05, 3.63) is 40.1 Å². The molecule has 6 rings (SSSR count). The van der Waals surface area contributed by atoms with Gasteiger partial charge in [-0.3, -0.25) is 9.69 Å². The quantitative estimate of drug-likeness (QED) is 0.691. The van der Waals surface area contributed by atoms with Crippen molar-refractivity contribution in [2.24, 2.45) is 5.10 Å². The summed E-state index contributed by atoms with van der Waals surface area (Å²) < 4.78 is 2.31. The van der Waals surface area contributed by atoms with E-state index in [0.717, 1.165) is 67.8 Å². The van der Waals surface area contributed by atoms with Gasteiger partial charge in [-0.2, -0.15) is 15.5 Å². The number of benzene rings is 1. The molecule has 0 radical (unpaired) electrons. The molecule has 0 bridgehead atoms. The van der Waals surface area contributed by atoms with E-state index in [-0.39, 0.29) is 17.5 Å². The SMILES string of the molecule is CNC(=O)N1CCc2c(c(N3CCCc4cc(C5C=NN(C)C5)c(C#N)cc43)nn2C2(C)CCCC2)C1. The number of urea groups is 1. The van der Waals surface area contributed by atoms with E-state index in [9.17, 15) is 10.1 Å². The fourth-order valence-corrected chi connectivity index (χ4v) is 6.77. The summed E-state index contributed by atoms with van der Waals surface area (Å²) in [6, 6.07) is 6.72. The number of anilines is 2. The number of aryl methyl sites for hydroxylation is 1. The van der Waals surface area contributed by atoms with E-state index in [2.05, 4.69) is 45.1 Å². The van der Waals surface area contributed by atoms with Crippen molar-refractivity contribution in [2.75, 3.05) is 38.6 Å². The van der Waals surface area contributed by atoms with Crippen LogP contribution in [0.4, 0.5) is 16.3 Å². The Kier molecular flexibility index (Phi) is 5.85. The van der Waals surface area contributed by atoms with E-state index in [1.165, 1.54) is 24.1 Å². The van der Waals surface area contributed by atoms with Crippen LogP contribution in [0.5, 0.6) is 0 Å². The number of fused-ring (bicyclic) bond motifs is 2. The molecule has 2 amide bonds. The zero-order chi connectivity index (χ0) is 25.7. The molecule has 0 spiro atoms. The topological polar surface area (TPSA) is 92.8 Å². The van der Waals surface area contributed by atoms with Gasteiger partial charge in [0.25, 0.3) is 0 Å². The fourth-order valence-electron chi connectivity index (χ4n) is 6.77. The number of carbonyl (C=O) groups is 1. The molecule has 1 unspecified atom stereocenters. The summed E-state index contributed by atoms with van der Waals surface area (Å²) >= 11 is 0. The molecular weight excluding hydrogens is 464 g/mol. The predicted octanol–water partition coefficient (Wildman–Crippen LogP) is 3.84. The Morgan fingerprint density at radius 1 is 1.19 bits per heavy atom. The minimum absolute atomic E-state index is 0.0195. The van der Waals surface area contributed by atoms with Crippen LogP contribution in [-0.2, 0) is 24.9 Å². The van der Waals surface area contributed by atoms with Gasteiger partial charge in [0, 0.05) is 69.2 Å². The van der Waals surface area contributed by atoms with Crippen molar-refractivity contribution in [3.8, 4) is 6.07 Å². The van der Waals surface area contributed by atoms with E-state index in [1.54, 1.807) is 7.05 Å². The minimum Gasteiger partial charge on any atom is -0.341 e. The smallest absolute Gasteiger partial charge is 0.317 e. The molecule has 4 heterocycles. The number of hydrogen-bond acceptors (Lipinski definition) is 6. The zero-order valence-corrected chi connectivity index (χ0v) is 22.1. The summed E-state index contributed by atoms with van der Waals surface area (Å²) in [4.78, 5) is 16.8. The van der Waals surface area contributed by atoms with Gasteiger partial charge >= 0.3 is 6.03 Å². The molecule has 194 valence electrons. The predicted molar refractivity (Wildman–Crippen MR) is 143 cm³/mol. The van der Waals surface area contributed by atoms with Crippen LogP contribution >= 0.6 is 0 Å². The number of nitriles is 1. The van der Waals surface area contributed by atoms with E-state index in [0.29, 0.717) is 18.7 Å². The molecule has 2 aromatic rings. The first-order valence-electron chi connectivity index (χ1n) is 13.6. The number of hydrogen-bond donors (Lipinski definition) is 1. The molecule has 3 aliphatic heterocycles. The number of nitrogens with zero attached hydrogens (tertiary/aromatic N) is 7. The highest BCUT2D eigenvalue weighted by molar-refractivity contribution is 5.77. The normalized spacial score (nSPS) is 22.1. The Morgan fingerprint density at radius 2 is 2.00 bits per heavy atom. The third-order valence-corrected chi connectivity index (χ3v) is 8.78. The van der Waals surface area contributed by atoms with E-state index in [4.69, 9.17) is 5.10 Å². The Hall–Kier alpha value is -3.54. The monoisotopic (exact) mass is 500 g/mol. The lowest BCUT2D eigenvalue weighted by Crippen LogP contribution is -2.42. The van der Waals surface area contributed by atoms with Crippen LogP contribution < -0.4 is 10.2 Å². The molecular formula is C28H36N8O. The Labute approximate surface area is 218 Å². The fraction of sp³-hybridized carbons (Fsp3) is 0.571. The molecule has 0 saturated heterocycles. The molecule has 1 aliphatic carbocycles. The van der Waals surface area contributed by atoms with Crippen molar-refractivity contribution >= 4 is 23.8 Å². The van der Waals surface area contributed by atoms with Crippen molar-refractivity contribution in [1.29, 1.82) is 5.26 Å². The molecule has 9 nitrogen and oxygen atoms in total. The van der Waals surface area contributed by atoms with Gasteiger partial charge in [-0.25, -0.2) is 4.79 Å². The Balaban J connectivity index is 1.45. The van der Waals surface area contributed by atoms with Gasteiger partial charge in [0.05, 0.1) is 23.7 Å². The summed E-state index contributed by atoms with van der Waals surface area (Å²) in [6.07, 6.45) is 9.49. The highest BCUT2D eigenvalue weighted by Gasteiger charge is 2.39. The first-order chi connectivity index (χ1) is 17.9. The average Bonchev–Trinajstić information content (AvgIpc) is 3.65. The summed E-state index contributed by atoms with van der Waals surface area (Å²) in [5, 5.41) is 24.6. The highest BCUT2D eigenvalue weighted by atomic mass is 16.2. The van der Waals surface area contributed by atoms with Gasteiger partial charge in [-0.1, -0.05) is 18.9 Å². The number of carbonyl (C=O) groups excluding carboxylic acids is 1. The lowest BCUT2D eigenvalue weighted by atomic mass is 9.89. The van der Waals surface area contributed by atoms with Gasteiger partial charge in [0.15, 0.2) is 5.82 Å². The average molecular weight is 501 g/mol. The number of likely N-dealkylation sites (N-methyl/N-ethyl adjacent to an activating group) is 1. The number of amides is 2. The second-order valence-electron chi connectivity index (χ2n) is 11.2. The third-order valence-electron chi connectivity index (χ3n) is 8.78. The number of nitrogens with one attached hydrogen (secondary N) is 1. The highest BCUT2D eigenvalue weighted by Crippen LogP contribution is 2.44. The number of aromatic nitrogens is 2. The first kappa shape index (κ1) is 23.8. The second kappa shape index (κ2) is 9.09. The summed E-state index contributed by atoms with van der Waals surface area (Å²) in [5.74, 6) is 1.09. The molecule has 1 fully saturated rings. The van der Waals surface area contributed by atoms with Crippen LogP contribution in [0.2, 0.25) is 0 Å². The van der Waals surface area contributed by atoms with E-state index >= 15 is 0 Å². The number of hydrazone groups is 1. The maximum atomic E-state index is 12.6. The molecule has 37 heavy (non-hydrogen) atoms. The molecule has 1 aromatic heterocycles. The van der Waals surface area contributed by atoms with Crippen LogP contribution in [-0.4, -0.2) is 65.7 Å². The van der Waals surface area contributed by atoms with Crippen molar-refractivity contribution in [1.82, 2.24) is 25.0 Å². The summed E-state index contributed by atoms with van der Waals surface area (Å²) in [5.41, 5.74) is 6.56. The van der Waals surface area contributed by atoms with Crippen molar-refractivity contribution in [2.45, 2.75) is 69.9 Å². The third kappa shape index (κ3) is 3.94. The number of rotatable bonds is 3. The first-order valence-corrected chi connectivity index (χ1v) is 13.6. The molecule has 1 N–H and O–H groups in total. The van der Waals surface area contributed by atoms with E-state index < -0.39 is 0 Å². The van der Waals surface area contributed by atoms with Gasteiger partial charge in [0.2, 0.25) is 0 Å². The maximum Gasteiger partial charge on any atom is 0.317 e.